The third-order valence-electron chi connectivity index (χ3n) is 4.46. The largest absolute Gasteiger partial charge is 0.513 e. The molecule has 2 aromatic rings. The summed E-state index contributed by atoms with van der Waals surface area (Å²) in [6.45, 7) is 2.33. The summed E-state index contributed by atoms with van der Waals surface area (Å²) in [5.41, 5.74) is 2.36. The first-order valence-electron chi connectivity index (χ1n) is 9.70. The molecule has 0 radical (unpaired) electrons. The molecule has 0 aromatic heterocycles. The fourth-order valence-corrected chi connectivity index (χ4v) is 2.91. The van der Waals surface area contributed by atoms with Gasteiger partial charge in [-0.1, -0.05) is 80.6 Å². The van der Waals surface area contributed by atoms with Crippen molar-refractivity contribution in [3.63, 3.8) is 0 Å². The normalized spacial score (nSPS) is 10.5. The Balaban J connectivity index is 1.41. The zero-order valence-corrected chi connectivity index (χ0v) is 15.8. The second kappa shape index (κ2) is 12.1. The number of carbonyl (C=O) groups excluding carboxylic acids is 1. The molecular weight excluding hydrogens is 324 g/mol. The summed E-state index contributed by atoms with van der Waals surface area (Å²) in [6, 6.07) is 18.1. The average molecular weight is 354 g/mol. The van der Waals surface area contributed by atoms with E-state index in [9.17, 15) is 4.79 Å². The van der Waals surface area contributed by atoms with Crippen LogP contribution in [-0.4, -0.2) is 12.8 Å². The molecular formula is C23H30O3. The van der Waals surface area contributed by atoms with E-state index in [0.29, 0.717) is 12.4 Å². The first kappa shape index (κ1) is 20.0. The molecule has 0 aliphatic heterocycles. The molecule has 0 spiro atoms. The lowest BCUT2D eigenvalue weighted by molar-refractivity contribution is 0.0970. The van der Waals surface area contributed by atoms with E-state index >= 15 is 0 Å². The van der Waals surface area contributed by atoms with E-state index in [1.807, 2.05) is 25.1 Å². The minimum Gasteiger partial charge on any atom is -0.434 e. The van der Waals surface area contributed by atoms with Gasteiger partial charge in [0, 0.05) is 0 Å². The smallest absolute Gasteiger partial charge is 0.434 e. The molecule has 140 valence electrons. The molecule has 26 heavy (non-hydrogen) atoms. The number of ether oxygens (including phenoxy) is 2. The lowest BCUT2D eigenvalue weighted by atomic mass is 10.0. The van der Waals surface area contributed by atoms with Gasteiger partial charge in [0.1, 0.15) is 5.75 Å². The van der Waals surface area contributed by atoms with Crippen molar-refractivity contribution in [1.29, 1.82) is 0 Å². The van der Waals surface area contributed by atoms with Crippen molar-refractivity contribution in [3.05, 3.63) is 65.7 Å². The summed E-state index contributed by atoms with van der Waals surface area (Å²) in [7, 11) is 0. The topological polar surface area (TPSA) is 35.5 Å². The Labute approximate surface area is 157 Å². The Morgan fingerprint density at radius 3 is 2.12 bits per heavy atom. The quantitative estimate of drug-likeness (QED) is 0.263. The Bertz CT molecular complexity index is 637. The number of hydrogen-bond donors (Lipinski definition) is 0. The van der Waals surface area contributed by atoms with E-state index in [1.54, 1.807) is 6.07 Å². The van der Waals surface area contributed by atoms with Crippen LogP contribution in [0.2, 0.25) is 0 Å². The average Bonchev–Trinajstić information content (AvgIpc) is 2.66. The van der Waals surface area contributed by atoms with Crippen molar-refractivity contribution in [2.24, 2.45) is 0 Å². The molecule has 0 atom stereocenters. The molecule has 0 bridgehead atoms. The van der Waals surface area contributed by atoms with Crippen LogP contribution in [0.25, 0.3) is 0 Å². The van der Waals surface area contributed by atoms with E-state index in [4.69, 9.17) is 9.47 Å². The molecule has 0 aliphatic carbocycles. The number of rotatable bonds is 11. The van der Waals surface area contributed by atoms with Crippen molar-refractivity contribution in [1.82, 2.24) is 0 Å². The molecule has 2 rings (SSSR count). The highest BCUT2D eigenvalue weighted by atomic mass is 16.7. The highest BCUT2D eigenvalue weighted by molar-refractivity contribution is 5.64. The molecule has 0 aliphatic rings. The van der Waals surface area contributed by atoms with Crippen molar-refractivity contribution in [2.45, 2.75) is 58.3 Å². The van der Waals surface area contributed by atoms with Crippen LogP contribution in [0.1, 0.15) is 56.1 Å². The first-order valence-corrected chi connectivity index (χ1v) is 9.70. The van der Waals surface area contributed by atoms with Gasteiger partial charge in [-0.15, -0.1) is 0 Å². The van der Waals surface area contributed by atoms with Crippen LogP contribution in [0.3, 0.4) is 0 Å². The fraction of sp³-hybridized carbons (Fsp3) is 0.435. The van der Waals surface area contributed by atoms with Gasteiger partial charge in [-0.25, -0.2) is 4.79 Å². The Hall–Kier alpha value is -2.29. The van der Waals surface area contributed by atoms with Crippen LogP contribution in [-0.2, 0) is 11.2 Å². The van der Waals surface area contributed by atoms with Crippen molar-refractivity contribution < 1.29 is 14.3 Å². The second-order valence-corrected chi connectivity index (χ2v) is 6.68. The van der Waals surface area contributed by atoms with Crippen LogP contribution < -0.4 is 4.74 Å². The maximum Gasteiger partial charge on any atom is 0.513 e. The zero-order valence-electron chi connectivity index (χ0n) is 15.8. The fourth-order valence-electron chi connectivity index (χ4n) is 2.91. The van der Waals surface area contributed by atoms with Crippen molar-refractivity contribution in [3.8, 4) is 5.75 Å². The van der Waals surface area contributed by atoms with Gasteiger partial charge in [0.05, 0.1) is 6.61 Å². The number of unbranched alkanes of at least 4 members (excludes halogenated alkanes) is 6. The number of para-hydroxylation sites is 1. The number of hydrogen-bond acceptors (Lipinski definition) is 3. The van der Waals surface area contributed by atoms with Gasteiger partial charge in [-0.3, -0.25) is 0 Å². The highest BCUT2D eigenvalue weighted by Gasteiger charge is 2.07. The van der Waals surface area contributed by atoms with Crippen molar-refractivity contribution >= 4 is 6.16 Å². The van der Waals surface area contributed by atoms with Gasteiger partial charge >= 0.3 is 6.16 Å². The third kappa shape index (κ3) is 8.19. The minimum atomic E-state index is -0.611. The number of carbonyl (C=O) groups is 1. The zero-order chi connectivity index (χ0) is 18.5. The molecule has 0 saturated carbocycles. The standard InChI is InChI=1S/C23H30O3/c1-20-14-11-12-18-22(20)26-23(24)25-19-13-6-4-2-3-5-8-15-21-16-9-7-10-17-21/h7,9-12,14,16-18H,2-6,8,13,15,19H2,1H3. The van der Waals surface area contributed by atoms with Crippen LogP contribution in [0.4, 0.5) is 4.79 Å². The molecule has 3 nitrogen and oxygen atoms in total. The Kier molecular flexibility index (Phi) is 9.34. The Morgan fingerprint density at radius 1 is 0.769 bits per heavy atom. The molecule has 0 N–H and O–H groups in total. The number of benzene rings is 2. The molecule has 0 amide bonds. The molecule has 0 unspecified atom stereocenters. The van der Waals surface area contributed by atoms with E-state index in [2.05, 4.69) is 30.3 Å². The summed E-state index contributed by atoms with van der Waals surface area (Å²) >= 11 is 0. The van der Waals surface area contributed by atoms with Gasteiger partial charge in [-0.05, 0) is 43.4 Å². The van der Waals surface area contributed by atoms with Gasteiger partial charge in [0.2, 0.25) is 0 Å². The van der Waals surface area contributed by atoms with Gasteiger partial charge in [0.25, 0.3) is 0 Å². The van der Waals surface area contributed by atoms with Crippen LogP contribution in [0, 0.1) is 6.92 Å². The molecule has 0 heterocycles. The van der Waals surface area contributed by atoms with Gasteiger partial charge in [0.15, 0.2) is 0 Å². The maximum absolute atomic E-state index is 11.6. The molecule has 0 saturated heterocycles. The summed E-state index contributed by atoms with van der Waals surface area (Å²) < 4.78 is 10.3. The van der Waals surface area contributed by atoms with Gasteiger partial charge in [-0.2, -0.15) is 0 Å². The predicted octanol–water partition coefficient (Wildman–Crippen LogP) is 6.48. The van der Waals surface area contributed by atoms with E-state index in [0.717, 1.165) is 18.4 Å². The van der Waals surface area contributed by atoms with E-state index in [-0.39, 0.29) is 0 Å². The number of aryl methyl sites for hydroxylation is 2. The lowest BCUT2D eigenvalue weighted by Gasteiger charge is -2.07. The van der Waals surface area contributed by atoms with Crippen molar-refractivity contribution in [2.75, 3.05) is 6.61 Å². The van der Waals surface area contributed by atoms with Crippen LogP contribution in [0.5, 0.6) is 5.75 Å². The molecule has 3 heteroatoms. The summed E-state index contributed by atoms with van der Waals surface area (Å²) in [5.74, 6) is 0.563. The lowest BCUT2D eigenvalue weighted by Crippen LogP contribution is -2.12. The molecule has 0 fully saturated rings. The van der Waals surface area contributed by atoms with Gasteiger partial charge < -0.3 is 9.47 Å². The second-order valence-electron chi connectivity index (χ2n) is 6.68. The van der Waals surface area contributed by atoms with E-state index < -0.39 is 6.16 Å². The van der Waals surface area contributed by atoms with Crippen LogP contribution >= 0.6 is 0 Å². The third-order valence-corrected chi connectivity index (χ3v) is 4.46. The maximum atomic E-state index is 11.6. The minimum absolute atomic E-state index is 0.429. The summed E-state index contributed by atoms with van der Waals surface area (Å²) in [5, 5.41) is 0. The van der Waals surface area contributed by atoms with Crippen LogP contribution in [0.15, 0.2) is 54.6 Å². The summed E-state index contributed by atoms with van der Waals surface area (Å²) in [6.07, 6.45) is 8.83. The predicted molar refractivity (Wildman–Crippen MR) is 106 cm³/mol. The first-order chi connectivity index (χ1) is 12.8. The summed E-state index contributed by atoms with van der Waals surface area (Å²) in [4.78, 5) is 11.6. The van der Waals surface area contributed by atoms with E-state index in [1.165, 1.54) is 44.1 Å². The highest BCUT2D eigenvalue weighted by Crippen LogP contribution is 2.17. The Morgan fingerprint density at radius 2 is 1.38 bits per heavy atom. The monoisotopic (exact) mass is 354 g/mol. The SMILES string of the molecule is Cc1ccccc1OC(=O)OCCCCCCCCCc1ccccc1. The molecule has 2 aromatic carbocycles.